The molecule has 0 aliphatic carbocycles. The van der Waals surface area contributed by atoms with Gasteiger partial charge >= 0.3 is 0 Å². The third-order valence-electron chi connectivity index (χ3n) is 4.92. The first kappa shape index (κ1) is 14.5. The second kappa shape index (κ2) is 6.53. The van der Waals surface area contributed by atoms with E-state index in [0.29, 0.717) is 11.6 Å². The highest BCUT2D eigenvalue weighted by Crippen LogP contribution is 2.20. The van der Waals surface area contributed by atoms with Crippen molar-refractivity contribution in [3.8, 4) is 0 Å². The summed E-state index contributed by atoms with van der Waals surface area (Å²) in [6.07, 6.45) is 4.78. The summed E-state index contributed by atoms with van der Waals surface area (Å²) in [5.41, 5.74) is 3.31. The number of nitrogens with one attached hydrogen (secondary N) is 2. The van der Waals surface area contributed by atoms with E-state index in [4.69, 9.17) is 0 Å². The number of benzene rings is 1. The van der Waals surface area contributed by atoms with E-state index in [1.807, 2.05) is 0 Å². The molecule has 0 saturated heterocycles. The molecule has 0 radical (unpaired) electrons. The van der Waals surface area contributed by atoms with Gasteiger partial charge in [-0.3, -0.25) is 0 Å². The SMILES string of the molecule is CCC(CC)(CC)NCC1Cc2ccccc2CN1. The van der Waals surface area contributed by atoms with Gasteiger partial charge in [-0.2, -0.15) is 0 Å². The summed E-state index contributed by atoms with van der Waals surface area (Å²) in [5, 5.41) is 7.48. The maximum atomic E-state index is 3.82. The molecule has 2 N–H and O–H groups in total. The van der Waals surface area contributed by atoms with Crippen LogP contribution in [0.3, 0.4) is 0 Å². The summed E-state index contributed by atoms with van der Waals surface area (Å²) in [4.78, 5) is 0. The number of hydrogen-bond donors (Lipinski definition) is 2. The molecule has 0 spiro atoms. The lowest BCUT2D eigenvalue weighted by Gasteiger charge is -2.35. The molecule has 1 aliphatic rings. The molecule has 2 nitrogen and oxygen atoms in total. The zero-order chi connectivity index (χ0) is 13.7. The van der Waals surface area contributed by atoms with Gasteiger partial charge in [0.2, 0.25) is 0 Å². The van der Waals surface area contributed by atoms with Crippen LogP contribution in [0, 0.1) is 0 Å². The Morgan fingerprint density at radius 1 is 1.11 bits per heavy atom. The molecule has 0 fully saturated rings. The van der Waals surface area contributed by atoms with Gasteiger partial charge < -0.3 is 10.6 Å². The molecule has 0 bridgehead atoms. The Bertz CT molecular complexity index is 388. The van der Waals surface area contributed by atoms with Gasteiger partial charge in [0.15, 0.2) is 0 Å². The Hall–Kier alpha value is -0.860. The molecule has 1 unspecified atom stereocenters. The van der Waals surface area contributed by atoms with Crippen molar-refractivity contribution in [3.05, 3.63) is 35.4 Å². The molecule has 0 saturated carbocycles. The molecular formula is C17H28N2. The van der Waals surface area contributed by atoms with Crippen LogP contribution in [0.15, 0.2) is 24.3 Å². The standard InChI is InChI=1S/C17H28N2/c1-4-17(5-2,6-3)19-13-16-11-14-9-7-8-10-15(14)12-18-16/h7-10,16,18-19H,4-6,11-13H2,1-3H3. The molecule has 1 heterocycles. The first-order chi connectivity index (χ1) is 9.23. The highest BCUT2D eigenvalue weighted by Gasteiger charge is 2.25. The summed E-state index contributed by atoms with van der Waals surface area (Å²) in [6, 6.07) is 9.37. The van der Waals surface area contributed by atoms with Crippen molar-refractivity contribution in [3.63, 3.8) is 0 Å². The van der Waals surface area contributed by atoms with Gasteiger partial charge in [0.1, 0.15) is 0 Å². The van der Waals surface area contributed by atoms with Gasteiger partial charge in [0.05, 0.1) is 0 Å². The van der Waals surface area contributed by atoms with Crippen LogP contribution in [0.5, 0.6) is 0 Å². The van der Waals surface area contributed by atoms with Crippen LogP contribution in [0.25, 0.3) is 0 Å². The van der Waals surface area contributed by atoms with Crippen molar-refractivity contribution in [2.45, 2.75) is 64.6 Å². The van der Waals surface area contributed by atoms with Gasteiger partial charge in [-0.25, -0.2) is 0 Å². The molecule has 2 rings (SSSR count). The monoisotopic (exact) mass is 260 g/mol. The van der Waals surface area contributed by atoms with E-state index in [-0.39, 0.29) is 0 Å². The molecular weight excluding hydrogens is 232 g/mol. The molecule has 1 atom stereocenters. The zero-order valence-corrected chi connectivity index (χ0v) is 12.6. The molecule has 1 aliphatic heterocycles. The van der Waals surface area contributed by atoms with E-state index >= 15 is 0 Å². The lowest BCUT2D eigenvalue weighted by atomic mass is 9.88. The summed E-state index contributed by atoms with van der Waals surface area (Å²) >= 11 is 0. The van der Waals surface area contributed by atoms with Crippen molar-refractivity contribution < 1.29 is 0 Å². The average Bonchev–Trinajstić information content (AvgIpc) is 2.49. The van der Waals surface area contributed by atoms with Crippen LogP contribution in [-0.4, -0.2) is 18.1 Å². The fraction of sp³-hybridized carbons (Fsp3) is 0.647. The van der Waals surface area contributed by atoms with Crippen LogP contribution in [0.1, 0.15) is 51.2 Å². The van der Waals surface area contributed by atoms with Crippen molar-refractivity contribution in [2.24, 2.45) is 0 Å². The topological polar surface area (TPSA) is 24.1 Å². The summed E-state index contributed by atoms with van der Waals surface area (Å²) in [5.74, 6) is 0. The number of hydrogen-bond acceptors (Lipinski definition) is 2. The third-order valence-corrected chi connectivity index (χ3v) is 4.92. The minimum Gasteiger partial charge on any atom is -0.310 e. The van der Waals surface area contributed by atoms with Crippen molar-refractivity contribution in [1.82, 2.24) is 10.6 Å². The summed E-state index contributed by atoms with van der Waals surface area (Å²) < 4.78 is 0. The Labute approximate surface area is 118 Å². The lowest BCUT2D eigenvalue weighted by molar-refractivity contribution is 0.271. The average molecular weight is 260 g/mol. The van der Waals surface area contributed by atoms with E-state index in [2.05, 4.69) is 55.7 Å². The van der Waals surface area contributed by atoms with E-state index in [1.165, 1.54) is 30.4 Å². The van der Waals surface area contributed by atoms with Gasteiger partial charge in [-0.1, -0.05) is 45.0 Å². The zero-order valence-electron chi connectivity index (χ0n) is 12.6. The maximum absolute atomic E-state index is 3.82. The first-order valence-corrected chi connectivity index (χ1v) is 7.78. The minimum absolute atomic E-state index is 0.332. The van der Waals surface area contributed by atoms with Crippen LogP contribution < -0.4 is 10.6 Å². The van der Waals surface area contributed by atoms with Gasteiger partial charge in [0, 0.05) is 24.7 Å². The highest BCUT2D eigenvalue weighted by atomic mass is 15.0. The van der Waals surface area contributed by atoms with Gasteiger partial charge in [-0.05, 0) is 36.8 Å². The fourth-order valence-electron chi connectivity index (χ4n) is 3.13. The molecule has 106 valence electrons. The van der Waals surface area contributed by atoms with Crippen molar-refractivity contribution in [2.75, 3.05) is 6.54 Å². The van der Waals surface area contributed by atoms with Gasteiger partial charge in [0.25, 0.3) is 0 Å². The van der Waals surface area contributed by atoms with Crippen LogP contribution in [0.2, 0.25) is 0 Å². The van der Waals surface area contributed by atoms with Gasteiger partial charge in [-0.15, -0.1) is 0 Å². The Morgan fingerprint density at radius 2 is 1.74 bits per heavy atom. The quantitative estimate of drug-likeness (QED) is 0.820. The number of fused-ring (bicyclic) bond motifs is 1. The van der Waals surface area contributed by atoms with Crippen LogP contribution in [0.4, 0.5) is 0 Å². The van der Waals surface area contributed by atoms with Crippen LogP contribution >= 0.6 is 0 Å². The lowest BCUT2D eigenvalue weighted by Crippen LogP contribution is -2.51. The second-order valence-corrected chi connectivity index (χ2v) is 5.77. The third kappa shape index (κ3) is 3.37. The summed E-state index contributed by atoms with van der Waals surface area (Å²) in [7, 11) is 0. The Kier molecular flexibility index (Phi) is 5.00. The second-order valence-electron chi connectivity index (χ2n) is 5.77. The minimum atomic E-state index is 0.332. The first-order valence-electron chi connectivity index (χ1n) is 7.78. The molecule has 19 heavy (non-hydrogen) atoms. The number of rotatable bonds is 6. The predicted molar refractivity (Wildman–Crippen MR) is 82.4 cm³/mol. The normalized spacial score (nSPS) is 19.2. The van der Waals surface area contributed by atoms with E-state index < -0.39 is 0 Å². The van der Waals surface area contributed by atoms with Crippen LogP contribution in [-0.2, 0) is 13.0 Å². The largest absolute Gasteiger partial charge is 0.310 e. The molecule has 1 aromatic carbocycles. The Balaban J connectivity index is 1.92. The van der Waals surface area contributed by atoms with Crippen molar-refractivity contribution in [1.29, 1.82) is 0 Å². The fourth-order valence-corrected chi connectivity index (χ4v) is 3.13. The maximum Gasteiger partial charge on any atom is 0.0236 e. The molecule has 0 aromatic heterocycles. The summed E-state index contributed by atoms with van der Waals surface area (Å²) in [6.45, 7) is 8.97. The Morgan fingerprint density at radius 3 is 2.37 bits per heavy atom. The molecule has 2 heteroatoms. The smallest absolute Gasteiger partial charge is 0.0236 e. The van der Waals surface area contributed by atoms with E-state index in [1.54, 1.807) is 0 Å². The van der Waals surface area contributed by atoms with E-state index in [0.717, 1.165) is 19.5 Å². The predicted octanol–water partition coefficient (Wildman–Crippen LogP) is 3.26. The van der Waals surface area contributed by atoms with Crippen molar-refractivity contribution >= 4 is 0 Å². The molecule has 1 aromatic rings. The van der Waals surface area contributed by atoms with E-state index in [9.17, 15) is 0 Å². The molecule has 0 amide bonds. The highest BCUT2D eigenvalue weighted by molar-refractivity contribution is 5.29.